The Labute approximate surface area is 175 Å². The molecule has 1 unspecified atom stereocenters. The lowest BCUT2D eigenvalue weighted by Crippen LogP contribution is -2.15. The fourth-order valence-corrected chi connectivity index (χ4v) is 3.82. The van der Waals surface area contributed by atoms with E-state index in [1.54, 1.807) is 6.92 Å². The molecule has 0 N–H and O–H groups in total. The number of hydrogen-bond donors (Lipinski definition) is 0. The van der Waals surface area contributed by atoms with Crippen LogP contribution in [0.1, 0.15) is 48.1 Å². The second kappa shape index (κ2) is 9.17. The second-order valence-corrected chi connectivity index (χ2v) is 8.00. The molecule has 1 atom stereocenters. The van der Waals surface area contributed by atoms with Crippen LogP contribution in [0.25, 0.3) is 0 Å². The summed E-state index contributed by atoms with van der Waals surface area (Å²) in [6, 6.07) is 5.79. The van der Waals surface area contributed by atoms with Gasteiger partial charge in [0.2, 0.25) is 0 Å². The highest BCUT2D eigenvalue weighted by atomic mass is 35.5. The van der Waals surface area contributed by atoms with Gasteiger partial charge in [-0.2, -0.15) is 26.3 Å². The number of hydrogen-bond acceptors (Lipinski definition) is 0. The zero-order chi connectivity index (χ0) is 22.0. The largest absolute Gasteiger partial charge is 0.416 e. The molecule has 0 heterocycles. The van der Waals surface area contributed by atoms with E-state index in [-0.39, 0.29) is 34.0 Å². The molecule has 0 saturated heterocycles. The summed E-state index contributed by atoms with van der Waals surface area (Å²) in [5, 5.41) is 0.191. The Kier molecular flexibility index (Phi) is 7.55. The van der Waals surface area contributed by atoms with Gasteiger partial charge in [-0.3, -0.25) is 0 Å². The van der Waals surface area contributed by atoms with E-state index >= 15 is 0 Å². The molecule has 0 saturated carbocycles. The molecule has 2 aromatic rings. The third-order valence-electron chi connectivity index (χ3n) is 4.61. The third-order valence-corrected chi connectivity index (χ3v) is 5.20. The highest BCUT2D eigenvalue weighted by Gasteiger charge is 2.36. The number of rotatable bonds is 6. The minimum atomic E-state index is -4.60. The molecule has 2 aromatic carbocycles. The minimum Gasteiger partial charge on any atom is -0.166 e. The van der Waals surface area contributed by atoms with Gasteiger partial charge in [-0.1, -0.05) is 49.5 Å². The number of alkyl halides is 6. The van der Waals surface area contributed by atoms with E-state index in [2.05, 4.69) is 0 Å². The van der Waals surface area contributed by atoms with Gasteiger partial charge >= 0.3 is 12.4 Å². The fourth-order valence-electron chi connectivity index (χ4n) is 3.37. The monoisotopic (exact) mass is 456 g/mol. The molecule has 2 rings (SSSR count). The Morgan fingerprint density at radius 3 is 1.90 bits per heavy atom. The van der Waals surface area contributed by atoms with Crippen molar-refractivity contribution >= 4 is 23.2 Å². The summed E-state index contributed by atoms with van der Waals surface area (Å²) >= 11 is 11.8. The van der Waals surface area contributed by atoms with Gasteiger partial charge in [0.1, 0.15) is 0 Å². The van der Waals surface area contributed by atoms with Crippen molar-refractivity contribution < 1.29 is 26.3 Å². The SMILES string of the molecule is CCCc1cc(C(F)(F)F)c(CC(C)Cc2ccc(Cl)cc2C(F)(F)F)cc1Cl. The molecule has 0 amide bonds. The zero-order valence-corrected chi connectivity index (χ0v) is 17.3. The van der Waals surface area contributed by atoms with Crippen LogP contribution in [0.4, 0.5) is 26.3 Å². The summed E-state index contributed by atoms with van der Waals surface area (Å²) in [7, 11) is 0. The maximum Gasteiger partial charge on any atom is 0.416 e. The third kappa shape index (κ3) is 6.29. The summed E-state index contributed by atoms with van der Waals surface area (Å²) < 4.78 is 80.4. The molecule has 0 aliphatic carbocycles. The first-order chi connectivity index (χ1) is 13.3. The van der Waals surface area contributed by atoms with Crippen LogP contribution >= 0.6 is 23.2 Å². The van der Waals surface area contributed by atoms with E-state index in [9.17, 15) is 26.3 Å². The van der Waals surface area contributed by atoms with Crippen molar-refractivity contribution in [2.75, 3.05) is 0 Å². The van der Waals surface area contributed by atoms with Crippen molar-refractivity contribution in [3.05, 3.63) is 68.2 Å². The average Bonchev–Trinajstić information content (AvgIpc) is 2.57. The van der Waals surface area contributed by atoms with Crippen molar-refractivity contribution in [2.24, 2.45) is 5.92 Å². The van der Waals surface area contributed by atoms with Gasteiger partial charge in [-0.05, 0) is 66.1 Å². The summed E-state index contributed by atoms with van der Waals surface area (Å²) in [4.78, 5) is 0. The van der Waals surface area contributed by atoms with Crippen LogP contribution in [0.2, 0.25) is 10.0 Å². The summed E-state index contributed by atoms with van der Waals surface area (Å²) in [6.07, 6.45) is -8.21. The molecule has 0 radical (unpaired) electrons. The predicted molar refractivity (Wildman–Crippen MR) is 103 cm³/mol. The van der Waals surface area contributed by atoms with Crippen molar-refractivity contribution in [1.29, 1.82) is 0 Å². The van der Waals surface area contributed by atoms with Crippen LogP contribution < -0.4 is 0 Å². The zero-order valence-electron chi connectivity index (χ0n) is 15.8. The topological polar surface area (TPSA) is 0 Å². The van der Waals surface area contributed by atoms with Gasteiger partial charge in [-0.25, -0.2) is 0 Å². The first-order valence-corrected chi connectivity index (χ1v) is 9.82. The molecule has 0 aromatic heterocycles. The van der Waals surface area contributed by atoms with E-state index < -0.39 is 29.4 Å². The maximum absolute atomic E-state index is 13.5. The first kappa shape index (κ1) is 23.9. The normalized spacial score (nSPS) is 13.6. The fraction of sp³-hybridized carbons (Fsp3) is 0.429. The predicted octanol–water partition coefficient (Wildman–Crippen LogP) is 8.40. The lowest BCUT2D eigenvalue weighted by molar-refractivity contribution is -0.138. The minimum absolute atomic E-state index is 0.00309. The van der Waals surface area contributed by atoms with Crippen molar-refractivity contribution in [3.63, 3.8) is 0 Å². The van der Waals surface area contributed by atoms with E-state index in [1.807, 2.05) is 6.92 Å². The molecule has 160 valence electrons. The van der Waals surface area contributed by atoms with Gasteiger partial charge in [0.15, 0.2) is 0 Å². The highest BCUT2D eigenvalue weighted by molar-refractivity contribution is 6.31. The van der Waals surface area contributed by atoms with Gasteiger partial charge < -0.3 is 0 Å². The Morgan fingerprint density at radius 2 is 1.34 bits per heavy atom. The molecular weight excluding hydrogens is 437 g/mol. The molecule has 29 heavy (non-hydrogen) atoms. The van der Waals surface area contributed by atoms with Crippen LogP contribution in [-0.4, -0.2) is 0 Å². The molecule has 0 fully saturated rings. The number of aryl methyl sites for hydroxylation is 1. The number of benzene rings is 2. The van der Waals surface area contributed by atoms with E-state index in [1.165, 1.54) is 18.2 Å². The van der Waals surface area contributed by atoms with Gasteiger partial charge in [-0.15, -0.1) is 0 Å². The highest BCUT2D eigenvalue weighted by Crippen LogP contribution is 2.38. The molecular formula is C21H20Cl2F6. The van der Waals surface area contributed by atoms with Crippen molar-refractivity contribution in [3.8, 4) is 0 Å². The summed E-state index contributed by atoms with van der Waals surface area (Å²) in [5.74, 6) is -0.480. The quantitative estimate of drug-likeness (QED) is 0.382. The van der Waals surface area contributed by atoms with Gasteiger partial charge in [0.25, 0.3) is 0 Å². The Morgan fingerprint density at radius 1 is 0.793 bits per heavy atom. The second-order valence-electron chi connectivity index (χ2n) is 7.16. The smallest absolute Gasteiger partial charge is 0.166 e. The van der Waals surface area contributed by atoms with E-state index in [4.69, 9.17) is 23.2 Å². The molecule has 0 aliphatic heterocycles. The standard InChI is InChI=1S/C21H20Cl2F6/c1-3-4-14-9-17(20(24,25)26)15(10-19(14)23)8-12(2)7-13-5-6-16(22)11-18(13)21(27,28)29/h5-6,9-12H,3-4,7-8H2,1-2H3. The Hall–Kier alpha value is -1.40. The van der Waals surface area contributed by atoms with Gasteiger partial charge in [0.05, 0.1) is 11.1 Å². The molecule has 0 bridgehead atoms. The van der Waals surface area contributed by atoms with Crippen molar-refractivity contribution in [2.45, 2.75) is 51.9 Å². The van der Waals surface area contributed by atoms with Crippen molar-refractivity contribution in [1.82, 2.24) is 0 Å². The molecule has 8 heteroatoms. The number of halogens is 8. The maximum atomic E-state index is 13.5. The summed E-state index contributed by atoms with van der Waals surface area (Å²) in [5.41, 5.74) is -1.27. The van der Waals surface area contributed by atoms with Crippen LogP contribution in [0.15, 0.2) is 30.3 Å². The van der Waals surface area contributed by atoms with Gasteiger partial charge in [0, 0.05) is 10.0 Å². The van der Waals surface area contributed by atoms with Crippen LogP contribution in [0.3, 0.4) is 0 Å². The molecule has 0 aliphatic rings. The lowest BCUT2D eigenvalue weighted by Gasteiger charge is -2.20. The summed E-state index contributed by atoms with van der Waals surface area (Å²) in [6.45, 7) is 3.45. The van der Waals surface area contributed by atoms with E-state index in [0.717, 1.165) is 12.1 Å². The van der Waals surface area contributed by atoms with Crippen LogP contribution in [-0.2, 0) is 31.6 Å². The van der Waals surface area contributed by atoms with Crippen LogP contribution in [0, 0.1) is 5.92 Å². The molecule has 0 spiro atoms. The Bertz CT molecular complexity index is 855. The van der Waals surface area contributed by atoms with Crippen LogP contribution in [0.5, 0.6) is 0 Å². The average molecular weight is 457 g/mol. The lowest BCUT2D eigenvalue weighted by atomic mass is 9.89. The van der Waals surface area contributed by atoms with E-state index in [0.29, 0.717) is 18.4 Å². The first-order valence-electron chi connectivity index (χ1n) is 9.07. The Balaban J connectivity index is 2.34. The molecule has 0 nitrogen and oxygen atoms in total.